The highest BCUT2D eigenvalue weighted by Crippen LogP contribution is 2.25. The van der Waals surface area contributed by atoms with Gasteiger partial charge in [0.15, 0.2) is 15.0 Å². The number of thiazole rings is 1. The number of halogens is 3. The first-order chi connectivity index (χ1) is 12.6. The second-order valence-corrected chi connectivity index (χ2v) is 9.07. The van der Waals surface area contributed by atoms with Crippen LogP contribution in [0.3, 0.4) is 0 Å². The van der Waals surface area contributed by atoms with Crippen LogP contribution >= 0.6 is 11.3 Å². The Labute approximate surface area is 159 Å². The van der Waals surface area contributed by atoms with E-state index in [1.807, 2.05) is 30.3 Å². The molecule has 0 N–H and O–H groups in total. The Bertz CT molecular complexity index is 865. The molecule has 0 aliphatic heterocycles. The van der Waals surface area contributed by atoms with Gasteiger partial charge in [-0.3, -0.25) is 9.69 Å². The molecule has 0 bridgehead atoms. The van der Waals surface area contributed by atoms with Gasteiger partial charge in [-0.25, -0.2) is 13.4 Å². The zero-order chi connectivity index (χ0) is 20.1. The molecule has 0 spiro atoms. The number of benzene rings is 1. The van der Waals surface area contributed by atoms with Crippen LogP contribution in [0.4, 0.5) is 18.3 Å². The van der Waals surface area contributed by atoms with Gasteiger partial charge >= 0.3 is 6.18 Å². The summed E-state index contributed by atoms with van der Waals surface area (Å²) in [5, 5.41) is 1.34. The van der Waals surface area contributed by atoms with Crippen molar-refractivity contribution in [2.45, 2.75) is 25.9 Å². The SMILES string of the molecule is Cc1csc(N(CC(F)(F)F)C(=O)CS(=O)(=O)CCCc2ccccc2)n1. The molecular weight excluding hydrogens is 401 g/mol. The second-order valence-electron chi connectivity index (χ2n) is 6.05. The summed E-state index contributed by atoms with van der Waals surface area (Å²) >= 11 is 0.867. The zero-order valence-corrected chi connectivity index (χ0v) is 16.2. The number of anilines is 1. The van der Waals surface area contributed by atoms with E-state index < -0.39 is 34.2 Å². The van der Waals surface area contributed by atoms with E-state index in [1.54, 1.807) is 6.92 Å². The number of hydrogen-bond donors (Lipinski definition) is 0. The van der Waals surface area contributed by atoms with Crippen molar-refractivity contribution in [3.05, 3.63) is 47.0 Å². The maximum Gasteiger partial charge on any atom is 0.406 e. The lowest BCUT2D eigenvalue weighted by molar-refractivity contribution is -0.131. The number of carbonyl (C=O) groups excluding carboxylic acids is 1. The average molecular weight is 420 g/mol. The van der Waals surface area contributed by atoms with Crippen molar-refractivity contribution in [2.75, 3.05) is 23.0 Å². The number of hydrogen-bond acceptors (Lipinski definition) is 5. The molecule has 0 radical (unpaired) electrons. The van der Waals surface area contributed by atoms with Crippen LogP contribution in [0.15, 0.2) is 35.7 Å². The summed E-state index contributed by atoms with van der Waals surface area (Å²) in [6, 6.07) is 9.21. The van der Waals surface area contributed by atoms with Gasteiger partial charge in [-0.15, -0.1) is 11.3 Å². The predicted molar refractivity (Wildman–Crippen MR) is 98.7 cm³/mol. The van der Waals surface area contributed by atoms with Crippen molar-refractivity contribution in [1.29, 1.82) is 0 Å². The molecule has 0 unspecified atom stereocenters. The molecular formula is C17H19F3N2O3S2. The highest BCUT2D eigenvalue weighted by atomic mass is 32.2. The maximum atomic E-state index is 12.8. The fourth-order valence-corrected chi connectivity index (χ4v) is 4.47. The number of carbonyl (C=O) groups is 1. The molecule has 1 aromatic heterocycles. The Morgan fingerprint density at radius 2 is 1.89 bits per heavy atom. The summed E-state index contributed by atoms with van der Waals surface area (Å²) in [6.45, 7) is 0.00882. The van der Waals surface area contributed by atoms with Crippen molar-refractivity contribution in [3.63, 3.8) is 0 Å². The molecule has 0 aliphatic rings. The average Bonchev–Trinajstić information content (AvgIpc) is 2.98. The van der Waals surface area contributed by atoms with Crippen molar-refractivity contribution in [3.8, 4) is 0 Å². The standard InChI is InChI=1S/C17H19F3N2O3S2/c1-13-10-26-16(21-13)22(12-17(18,19)20)15(23)11-27(24,25)9-5-8-14-6-3-2-4-7-14/h2-4,6-7,10H,5,8-9,11-12H2,1H3. The molecule has 0 saturated carbocycles. The maximum absolute atomic E-state index is 12.8. The third-order valence-corrected chi connectivity index (χ3v) is 6.16. The number of alkyl halides is 3. The number of rotatable bonds is 8. The Balaban J connectivity index is 2.01. The first-order valence-corrected chi connectivity index (χ1v) is 10.8. The molecule has 1 amide bonds. The van der Waals surface area contributed by atoms with Gasteiger partial charge < -0.3 is 0 Å². The van der Waals surface area contributed by atoms with Crippen LogP contribution in [-0.2, 0) is 21.1 Å². The molecule has 5 nitrogen and oxygen atoms in total. The molecule has 2 aromatic rings. The number of aryl methyl sites for hydroxylation is 2. The number of nitrogens with zero attached hydrogens (tertiary/aromatic N) is 2. The van der Waals surface area contributed by atoms with E-state index in [2.05, 4.69) is 4.98 Å². The first-order valence-electron chi connectivity index (χ1n) is 8.09. The number of aromatic nitrogens is 1. The van der Waals surface area contributed by atoms with Crippen molar-refractivity contribution >= 4 is 32.2 Å². The van der Waals surface area contributed by atoms with Gasteiger partial charge in [-0.2, -0.15) is 13.2 Å². The minimum absolute atomic E-state index is 0.158. The lowest BCUT2D eigenvalue weighted by atomic mass is 10.1. The Hall–Kier alpha value is -1.94. The van der Waals surface area contributed by atoms with Crippen LogP contribution in [0, 0.1) is 6.92 Å². The minimum atomic E-state index is -4.66. The van der Waals surface area contributed by atoms with Gasteiger partial charge in [0.25, 0.3) is 0 Å². The topological polar surface area (TPSA) is 67.3 Å². The monoisotopic (exact) mass is 420 g/mol. The Morgan fingerprint density at radius 3 is 2.44 bits per heavy atom. The van der Waals surface area contributed by atoms with Crippen LogP contribution in [0.2, 0.25) is 0 Å². The van der Waals surface area contributed by atoms with Gasteiger partial charge in [0.1, 0.15) is 12.3 Å². The highest BCUT2D eigenvalue weighted by Gasteiger charge is 2.36. The quantitative estimate of drug-likeness (QED) is 0.657. The van der Waals surface area contributed by atoms with Crippen molar-refractivity contribution < 1.29 is 26.4 Å². The fraction of sp³-hybridized carbons (Fsp3) is 0.412. The third kappa shape index (κ3) is 7.30. The molecule has 0 aliphatic carbocycles. The summed E-state index contributed by atoms with van der Waals surface area (Å²) in [6.07, 6.45) is -3.87. The number of sulfone groups is 1. The normalized spacial score (nSPS) is 12.1. The largest absolute Gasteiger partial charge is 0.406 e. The van der Waals surface area contributed by atoms with Gasteiger partial charge in [-0.1, -0.05) is 30.3 Å². The smallest absolute Gasteiger partial charge is 0.278 e. The molecule has 148 valence electrons. The summed E-state index contributed by atoms with van der Waals surface area (Å²) in [5.41, 5.74) is 1.41. The summed E-state index contributed by atoms with van der Waals surface area (Å²) in [7, 11) is -3.83. The van der Waals surface area contributed by atoms with Crippen LogP contribution in [0.1, 0.15) is 17.7 Å². The third-order valence-electron chi connectivity index (χ3n) is 3.58. The molecule has 2 rings (SSSR count). The summed E-state index contributed by atoms with van der Waals surface area (Å²) in [4.78, 5) is 16.6. The predicted octanol–water partition coefficient (Wildman–Crippen LogP) is 3.39. The Morgan fingerprint density at radius 1 is 1.22 bits per heavy atom. The van der Waals surface area contributed by atoms with Crippen molar-refractivity contribution in [1.82, 2.24) is 4.98 Å². The second kappa shape index (κ2) is 8.83. The molecule has 0 saturated heterocycles. The van der Waals surface area contributed by atoms with E-state index in [4.69, 9.17) is 0 Å². The van der Waals surface area contributed by atoms with Gasteiger partial charge in [0.2, 0.25) is 5.91 Å². The van der Waals surface area contributed by atoms with E-state index in [9.17, 15) is 26.4 Å². The Kier molecular flexibility index (Phi) is 6.99. The molecule has 27 heavy (non-hydrogen) atoms. The summed E-state index contributed by atoms with van der Waals surface area (Å²) in [5.74, 6) is -2.37. The van der Waals surface area contributed by atoms with Crippen LogP contribution < -0.4 is 4.90 Å². The van der Waals surface area contributed by atoms with E-state index >= 15 is 0 Å². The number of amides is 1. The lowest BCUT2D eigenvalue weighted by Crippen LogP contribution is -2.42. The van der Waals surface area contributed by atoms with Crippen LogP contribution in [-0.4, -0.2) is 43.5 Å². The van der Waals surface area contributed by atoms with E-state index in [0.29, 0.717) is 17.0 Å². The zero-order valence-electron chi connectivity index (χ0n) is 14.6. The van der Waals surface area contributed by atoms with E-state index in [1.165, 1.54) is 5.38 Å². The molecule has 10 heteroatoms. The fourth-order valence-electron chi connectivity index (χ4n) is 2.39. The minimum Gasteiger partial charge on any atom is -0.278 e. The van der Waals surface area contributed by atoms with Gasteiger partial charge in [0, 0.05) is 5.38 Å². The van der Waals surface area contributed by atoms with Gasteiger partial charge in [0.05, 0.1) is 11.4 Å². The molecule has 1 aromatic carbocycles. The van der Waals surface area contributed by atoms with E-state index in [0.717, 1.165) is 16.9 Å². The van der Waals surface area contributed by atoms with Crippen LogP contribution in [0.25, 0.3) is 0 Å². The molecule has 1 heterocycles. The first kappa shape index (κ1) is 21.4. The van der Waals surface area contributed by atoms with Crippen LogP contribution in [0.5, 0.6) is 0 Å². The van der Waals surface area contributed by atoms with Gasteiger partial charge in [-0.05, 0) is 25.3 Å². The summed E-state index contributed by atoms with van der Waals surface area (Å²) < 4.78 is 62.8. The highest BCUT2D eigenvalue weighted by molar-refractivity contribution is 7.92. The molecule has 0 atom stereocenters. The lowest BCUT2D eigenvalue weighted by Gasteiger charge is -2.21. The van der Waals surface area contributed by atoms with Crippen molar-refractivity contribution in [2.24, 2.45) is 0 Å². The van der Waals surface area contributed by atoms with E-state index in [-0.39, 0.29) is 17.3 Å². The molecule has 0 fully saturated rings.